The minimum atomic E-state index is 0.126. The van der Waals surface area contributed by atoms with Gasteiger partial charge in [0.05, 0.1) is 13.3 Å². The van der Waals surface area contributed by atoms with Crippen LogP contribution in [0.2, 0.25) is 0 Å². The number of rotatable bonds is 4. The van der Waals surface area contributed by atoms with E-state index in [-0.39, 0.29) is 6.17 Å². The summed E-state index contributed by atoms with van der Waals surface area (Å²) in [7, 11) is 5.57. The van der Waals surface area contributed by atoms with Crippen molar-refractivity contribution in [3.8, 4) is 5.75 Å². The fourth-order valence-electron chi connectivity index (χ4n) is 1.91. The Morgan fingerprint density at radius 2 is 1.73 bits per heavy atom. The van der Waals surface area contributed by atoms with Crippen molar-refractivity contribution in [3.63, 3.8) is 0 Å². The van der Waals surface area contributed by atoms with E-state index in [2.05, 4.69) is 36.6 Å². The lowest BCUT2D eigenvalue weighted by atomic mass is 10.0. The van der Waals surface area contributed by atoms with Crippen LogP contribution in [0.1, 0.15) is 22.9 Å². The van der Waals surface area contributed by atoms with Gasteiger partial charge >= 0.3 is 0 Å². The van der Waals surface area contributed by atoms with Crippen LogP contribution in [0.4, 0.5) is 0 Å². The van der Waals surface area contributed by atoms with E-state index < -0.39 is 0 Å². The van der Waals surface area contributed by atoms with Crippen LogP contribution >= 0.6 is 0 Å². The highest BCUT2D eigenvalue weighted by atomic mass is 16.5. The molecule has 0 bridgehead atoms. The third-order valence-electron chi connectivity index (χ3n) is 2.58. The fourth-order valence-corrected chi connectivity index (χ4v) is 1.91. The van der Waals surface area contributed by atoms with Gasteiger partial charge < -0.3 is 15.4 Å². The Labute approximate surface area is 91.8 Å². The molecular formula is C12H20N2O. The standard InChI is InChI=1S/C12H20N2O/c1-8-6-9(2)11(10(7-8)15-5)12(13-3)14-4/h6-7,12-14H,1-5H3. The monoisotopic (exact) mass is 208 g/mol. The molecule has 0 radical (unpaired) electrons. The summed E-state index contributed by atoms with van der Waals surface area (Å²) in [5.74, 6) is 0.932. The van der Waals surface area contributed by atoms with Crippen molar-refractivity contribution < 1.29 is 4.74 Å². The molecular weight excluding hydrogens is 188 g/mol. The average Bonchev–Trinajstić information content (AvgIpc) is 2.21. The molecule has 2 N–H and O–H groups in total. The van der Waals surface area contributed by atoms with E-state index >= 15 is 0 Å². The molecule has 3 nitrogen and oxygen atoms in total. The zero-order chi connectivity index (χ0) is 11.4. The molecule has 3 heteroatoms. The second kappa shape index (κ2) is 5.14. The van der Waals surface area contributed by atoms with Crippen LogP contribution in [-0.4, -0.2) is 21.2 Å². The first-order valence-electron chi connectivity index (χ1n) is 5.13. The van der Waals surface area contributed by atoms with Gasteiger partial charge in [0.25, 0.3) is 0 Å². The zero-order valence-electron chi connectivity index (χ0n) is 10.1. The van der Waals surface area contributed by atoms with E-state index in [1.165, 1.54) is 16.7 Å². The van der Waals surface area contributed by atoms with Crippen molar-refractivity contribution in [3.05, 3.63) is 28.8 Å². The lowest BCUT2D eigenvalue weighted by molar-refractivity contribution is 0.394. The third kappa shape index (κ3) is 2.49. The van der Waals surface area contributed by atoms with Crippen molar-refractivity contribution in [2.75, 3.05) is 21.2 Å². The van der Waals surface area contributed by atoms with Crippen molar-refractivity contribution in [1.29, 1.82) is 0 Å². The molecule has 1 aromatic carbocycles. The van der Waals surface area contributed by atoms with Gasteiger partial charge in [0.2, 0.25) is 0 Å². The Hall–Kier alpha value is -1.06. The molecule has 0 spiro atoms. The van der Waals surface area contributed by atoms with Gasteiger partial charge in [-0.3, -0.25) is 0 Å². The molecule has 0 saturated heterocycles. The SMILES string of the molecule is CNC(NC)c1c(C)cc(C)cc1OC. The number of benzene rings is 1. The third-order valence-corrected chi connectivity index (χ3v) is 2.58. The summed E-state index contributed by atoms with van der Waals surface area (Å²) in [4.78, 5) is 0. The van der Waals surface area contributed by atoms with Crippen LogP contribution in [0.3, 0.4) is 0 Å². The van der Waals surface area contributed by atoms with Gasteiger partial charge in [0.1, 0.15) is 5.75 Å². The topological polar surface area (TPSA) is 33.3 Å². The number of hydrogen-bond acceptors (Lipinski definition) is 3. The average molecular weight is 208 g/mol. The molecule has 0 aliphatic carbocycles. The minimum Gasteiger partial charge on any atom is -0.496 e. The molecule has 0 atom stereocenters. The quantitative estimate of drug-likeness (QED) is 0.740. The lowest BCUT2D eigenvalue weighted by Crippen LogP contribution is -2.29. The normalized spacial score (nSPS) is 10.8. The van der Waals surface area contributed by atoms with Crippen LogP contribution in [-0.2, 0) is 0 Å². The molecule has 0 heterocycles. The van der Waals surface area contributed by atoms with Gasteiger partial charge in [0.15, 0.2) is 0 Å². The molecule has 15 heavy (non-hydrogen) atoms. The van der Waals surface area contributed by atoms with Crippen molar-refractivity contribution in [2.24, 2.45) is 0 Å². The van der Waals surface area contributed by atoms with Gasteiger partial charge in [-0.05, 0) is 45.1 Å². The second-order valence-corrected chi connectivity index (χ2v) is 3.71. The van der Waals surface area contributed by atoms with Crippen LogP contribution in [0.15, 0.2) is 12.1 Å². The van der Waals surface area contributed by atoms with Crippen LogP contribution < -0.4 is 15.4 Å². The predicted octanol–water partition coefficient (Wildman–Crippen LogP) is 1.75. The predicted molar refractivity (Wildman–Crippen MR) is 63.3 cm³/mol. The van der Waals surface area contributed by atoms with E-state index in [9.17, 15) is 0 Å². The number of nitrogens with one attached hydrogen (secondary N) is 2. The van der Waals surface area contributed by atoms with Gasteiger partial charge in [-0.1, -0.05) is 6.07 Å². The fraction of sp³-hybridized carbons (Fsp3) is 0.500. The molecule has 0 amide bonds. The maximum absolute atomic E-state index is 5.41. The largest absolute Gasteiger partial charge is 0.496 e. The van der Waals surface area contributed by atoms with Crippen molar-refractivity contribution in [2.45, 2.75) is 20.0 Å². The summed E-state index contributed by atoms with van der Waals surface area (Å²) < 4.78 is 5.41. The van der Waals surface area contributed by atoms with Gasteiger partial charge in [-0.2, -0.15) is 0 Å². The Balaban J connectivity index is 3.24. The Morgan fingerprint density at radius 3 is 2.20 bits per heavy atom. The van der Waals surface area contributed by atoms with E-state index in [1.807, 2.05) is 14.1 Å². The summed E-state index contributed by atoms with van der Waals surface area (Å²) in [6, 6.07) is 4.23. The maximum atomic E-state index is 5.41. The zero-order valence-corrected chi connectivity index (χ0v) is 10.1. The number of hydrogen-bond donors (Lipinski definition) is 2. The Morgan fingerprint density at radius 1 is 1.13 bits per heavy atom. The van der Waals surface area contributed by atoms with Crippen molar-refractivity contribution in [1.82, 2.24) is 10.6 Å². The highest BCUT2D eigenvalue weighted by molar-refractivity contribution is 5.44. The Kier molecular flexibility index (Phi) is 4.12. The molecule has 0 saturated carbocycles. The van der Waals surface area contributed by atoms with Gasteiger partial charge in [0, 0.05) is 5.56 Å². The lowest BCUT2D eigenvalue weighted by Gasteiger charge is -2.21. The van der Waals surface area contributed by atoms with Crippen LogP contribution in [0.25, 0.3) is 0 Å². The molecule has 0 aromatic heterocycles. The molecule has 1 rings (SSSR count). The van der Waals surface area contributed by atoms with Crippen LogP contribution in [0.5, 0.6) is 5.75 Å². The summed E-state index contributed by atoms with van der Waals surface area (Å²) >= 11 is 0. The molecule has 84 valence electrons. The smallest absolute Gasteiger partial charge is 0.125 e. The Bertz CT molecular complexity index is 333. The van der Waals surface area contributed by atoms with Crippen molar-refractivity contribution >= 4 is 0 Å². The van der Waals surface area contributed by atoms with E-state index in [4.69, 9.17) is 4.74 Å². The summed E-state index contributed by atoms with van der Waals surface area (Å²) in [6.45, 7) is 4.18. The first-order valence-corrected chi connectivity index (χ1v) is 5.13. The minimum absolute atomic E-state index is 0.126. The number of methoxy groups -OCH3 is 1. The molecule has 0 unspecified atom stereocenters. The molecule has 0 fully saturated rings. The number of ether oxygens (including phenoxy) is 1. The van der Waals surface area contributed by atoms with Gasteiger partial charge in [-0.25, -0.2) is 0 Å². The van der Waals surface area contributed by atoms with E-state index in [0.29, 0.717) is 0 Å². The highest BCUT2D eigenvalue weighted by Gasteiger charge is 2.15. The van der Waals surface area contributed by atoms with E-state index in [0.717, 1.165) is 5.75 Å². The second-order valence-electron chi connectivity index (χ2n) is 3.71. The molecule has 1 aromatic rings. The summed E-state index contributed by atoms with van der Waals surface area (Å²) in [5, 5.41) is 6.42. The first kappa shape index (κ1) is 12.0. The summed E-state index contributed by atoms with van der Waals surface area (Å²) in [6.07, 6.45) is 0.126. The maximum Gasteiger partial charge on any atom is 0.125 e. The molecule has 0 aliphatic rings. The summed E-state index contributed by atoms with van der Waals surface area (Å²) in [5.41, 5.74) is 3.63. The number of aryl methyl sites for hydroxylation is 2. The van der Waals surface area contributed by atoms with Gasteiger partial charge in [-0.15, -0.1) is 0 Å². The van der Waals surface area contributed by atoms with Crippen LogP contribution in [0, 0.1) is 13.8 Å². The first-order chi connectivity index (χ1) is 7.13. The highest BCUT2D eigenvalue weighted by Crippen LogP contribution is 2.28. The molecule has 0 aliphatic heterocycles. The van der Waals surface area contributed by atoms with E-state index in [1.54, 1.807) is 7.11 Å².